The lowest BCUT2D eigenvalue weighted by atomic mass is 10.0. The minimum atomic E-state index is -0.843. The number of unbranched alkanes of at least 4 members (excludes halogenated alkanes) is 55. The monoisotopic (exact) mass is 1070 g/mol. The van der Waals surface area contributed by atoms with Crippen LogP contribution in [0.3, 0.4) is 0 Å². The lowest BCUT2D eigenvalue weighted by molar-refractivity contribution is -0.143. The number of nitrogens with one attached hydrogen (secondary N) is 1. The number of ether oxygens (including phenoxy) is 1. The number of hydrogen-bond donors (Lipinski definition) is 3. The SMILES string of the molecule is CCCCCCCCCCCCCCCCCC/C=C/C(O)C(CO)NC(=O)CCCCCCCCCCCCCCCCCCCCCCCCCCCOC(=O)CCCCCCCCCCCCCCCCCC. The molecule has 1 amide bonds. The number of allylic oxidation sites excluding steroid dienone is 1. The van der Waals surface area contributed by atoms with E-state index < -0.39 is 12.1 Å². The molecule has 6 nitrogen and oxygen atoms in total. The molecule has 0 aromatic rings. The van der Waals surface area contributed by atoms with Crippen molar-refractivity contribution in [2.45, 2.75) is 411 Å². The third-order valence-corrected chi connectivity index (χ3v) is 16.6. The number of hydrogen-bond acceptors (Lipinski definition) is 5. The van der Waals surface area contributed by atoms with Crippen LogP contribution in [0.1, 0.15) is 399 Å². The predicted octanol–water partition coefficient (Wildman–Crippen LogP) is 22.4. The number of esters is 1. The maximum Gasteiger partial charge on any atom is 0.305 e. The van der Waals surface area contributed by atoms with Crippen LogP contribution in [-0.4, -0.2) is 47.4 Å². The van der Waals surface area contributed by atoms with Gasteiger partial charge in [0.25, 0.3) is 0 Å². The first-order valence-electron chi connectivity index (χ1n) is 35.0. The van der Waals surface area contributed by atoms with Gasteiger partial charge in [-0.2, -0.15) is 0 Å². The Labute approximate surface area is 476 Å². The van der Waals surface area contributed by atoms with Crippen molar-refractivity contribution in [3.05, 3.63) is 12.2 Å². The molecular weight excluding hydrogens is 935 g/mol. The van der Waals surface area contributed by atoms with E-state index in [4.69, 9.17) is 4.74 Å². The van der Waals surface area contributed by atoms with Crippen molar-refractivity contribution in [3.8, 4) is 0 Å². The molecule has 0 rings (SSSR count). The van der Waals surface area contributed by atoms with Crippen LogP contribution in [0.2, 0.25) is 0 Å². The summed E-state index contributed by atoms with van der Waals surface area (Å²) in [5.74, 6) is -0.0419. The highest BCUT2D eigenvalue weighted by Crippen LogP contribution is 2.19. The number of rotatable bonds is 66. The average molecular weight is 1070 g/mol. The first-order valence-corrected chi connectivity index (χ1v) is 35.0. The number of aliphatic hydroxyl groups is 2. The van der Waals surface area contributed by atoms with Crippen molar-refractivity contribution in [2.75, 3.05) is 13.2 Å². The molecule has 452 valence electrons. The van der Waals surface area contributed by atoms with Gasteiger partial charge in [-0.05, 0) is 32.1 Å². The van der Waals surface area contributed by atoms with Crippen LogP contribution in [0, 0.1) is 0 Å². The van der Waals surface area contributed by atoms with E-state index in [9.17, 15) is 19.8 Å². The van der Waals surface area contributed by atoms with Crippen LogP contribution in [-0.2, 0) is 14.3 Å². The largest absolute Gasteiger partial charge is 0.466 e. The second-order valence-electron chi connectivity index (χ2n) is 24.2. The molecule has 0 aliphatic heterocycles. The molecule has 0 fully saturated rings. The zero-order valence-electron chi connectivity index (χ0n) is 51.8. The Balaban J connectivity index is 3.36. The Morgan fingerprint density at radius 2 is 0.605 bits per heavy atom. The molecular formula is C70H137NO5. The molecule has 76 heavy (non-hydrogen) atoms. The van der Waals surface area contributed by atoms with E-state index in [2.05, 4.69) is 19.2 Å². The van der Waals surface area contributed by atoms with E-state index in [1.54, 1.807) is 6.08 Å². The summed E-state index contributed by atoms with van der Waals surface area (Å²) in [6, 6.07) is -0.626. The zero-order chi connectivity index (χ0) is 55.0. The fraction of sp³-hybridized carbons (Fsp3) is 0.943. The smallest absolute Gasteiger partial charge is 0.305 e. The zero-order valence-corrected chi connectivity index (χ0v) is 51.8. The van der Waals surface area contributed by atoms with E-state index >= 15 is 0 Å². The van der Waals surface area contributed by atoms with Gasteiger partial charge in [-0.15, -0.1) is 0 Å². The summed E-state index contributed by atoms with van der Waals surface area (Å²) in [7, 11) is 0. The summed E-state index contributed by atoms with van der Waals surface area (Å²) in [4.78, 5) is 24.6. The number of carbonyl (C=O) groups excluding carboxylic acids is 2. The topological polar surface area (TPSA) is 95.9 Å². The Morgan fingerprint density at radius 3 is 0.895 bits per heavy atom. The summed E-state index contributed by atoms with van der Waals surface area (Å²) in [5, 5.41) is 23.2. The predicted molar refractivity (Wildman–Crippen MR) is 333 cm³/mol. The molecule has 3 N–H and O–H groups in total. The molecule has 0 bridgehead atoms. The van der Waals surface area contributed by atoms with Gasteiger partial charge in [-0.25, -0.2) is 0 Å². The highest BCUT2D eigenvalue weighted by Gasteiger charge is 2.18. The van der Waals surface area contributed by atoms with Crippen LogP contribution >= 0.6 is 0 Å². The van der Waals surface area contributed by atoms with E-state index in [0.29, 0.717) is 19.4 Å². The number of aliphatic hydroxyl groups excluding tert-OH is 2. The highest BCUT2D eigenvalue weighted by molar-refractivity contribution is 5.76. The van der Waals surface area contributed by atoms with Crippen molar-refractivity contribution in [2.24, 2.45) is 0 Å². The normalized spacial score (nSPS) is 12.5. The van der Waals surface area contributed by atoms with Gasteiger partial charge >= 0.3 is 5.97 Å². The second kappa shape index (κ2) is 66.1. The van der Waals surface area contributed by atoms with Gasteiger partial charge in [0.05, 0.1) is 25.4 Å². The molecule has 0 saturated heterocycles. The average Bonchev–Trinajstić information content (AvgIpc) is 3.42. The lowest BCUT2D eigenvalue weighted by Crippen LogP contribution is -2.45. The standard InChI is InChI=1S/C70H137NO5/c1-3-5-7-9-11-13-15-17-19-21-31-34-38-42-46-50-54-58-62-68(73)67(66-72)71-69(74)63-59-55-51-47-43-39-35-32-29-27-25-23-22-24-26-28-30-33-37-41-45-49-53-57-61-65-76-70(75)64-60-56-52-48-44-40-36-20-18-16-14-12-10-8-6-4-2/h58,62,67-68,72-73H,3-57,59-61,63-66H2,1-2H3,(H,71,74)/b62-58+. The lowest BCUT2D eigenvalue weighted by Gasteiger charge is -2.20. The molecule has 2 unspecified atom stereocenters. The van der Waals surface area contributed by atoms with Crippen LogP contribution in [0.4, 0.5) is 0 Å². The van der Waals surface area contributed by atoms with Gasteiger partial charge in [0.1, 0.15) is 0 Å². The molecule has 0 aliphatic rings. The molecule has 0 aromatic heterocycles. The van der Waals surface area contributed by atoms with Crippen LogP contribution in [0.5, 0.6) is 0 Å². The van der Waals surface area contributed by atoms with E-state index in [1.807, 2.05) is 6.08 Å². The maximum absolute atomic E-state index is 12.5. The van der Waals surface area contributed by atoms with E-state index in [0.717, 1.165) is 38.5 Å². The van der Waals surface area contributed by atoms with Crippen LogP contribution < -0.4 is 5.32 Å². The van der Waals surface area contributed by atoms with Gasteiger partial charge in [-0.3, -0.25) is 9.59 Å². The van der Waals surface area contributed by atoms with E-state index in [-0.39, 0.29) is 18.5 Å². The number of amides is 1. The summed E-state index contributed by atoms with van der Waals surface area (Å²) in [6.07, 6.45) is 81.4. The Hall–Kier alpha value is -1.40. The Kier molecular flexibility index (Phi) is 64.9. The first-order chi connectivity index (χ1) is 37.5. The van der Waals surface area contributed by atoms with Crippen molar-refractivity contribution in [1.82, 2.24) is 5.32 Å². The quantitative estimate of drug-likeness (QED) is 0.0320. The van der Waals surface area contributed by atoms with Gasteiger partial charge < -0.3 is 20.3 Å². The first kappa shape index (κ1) is 74.6. The maximum atomic E-state index is 12.5. The second-order valence-corrected chi connectivity index (χ2v) is 24.2. The van der Waals surface area contributed by atoms with E-state index in [1.165, 1.54) is 334 Å². The molecule has 6 heteroatoms. The summed E-state index contributed by atoms with van der Waals surface area (Å²) in [5.41, 5.74) is 0. The van der Waals surface area contributed by atoms with Crippen molar-refractivity contribution in [1.29, 1.82) is 0 Å². The van der Waals surface area contributed by atoms with Crippen LogP contribution in [0.15, 0.2) is 12.2 Å². The molecule has 0 saturated carbocycles. The fourth-order valence-electron chi connectivity index (χ4n) is 11.2. The minimum absolute atomic E-state index is 0.0204. The molecule has 0 heterocycles. The summed E-state index contributed by atoms with van der Waals surface area (Å²) < 4.78 is 5.50. The Morgan fingerprint density at radius 1 is 0.355 bits per heavy atom. The number of carbonyl (C=O) groups is 2. The third kappa shape index (κ3) is 61.8. The van der Waals surface area contributed by atoms with Crippen molar-refractivity contribution in [3.63, 3.8) is 0 Å². The molecule has 0 aliphatic carbocycles. The van der Waals surface area contributed by atoms with Gasteiger partial charge in [-0.1, -0.05) is 366 Å². The summed E-state index contributed by atoms with van der Waals surface area (Å²) >= 11 is 0. The highest BCUT2D eigenvalue weighted by atomic mass is 16.5. The molecule has 2 atom stereocenters. The van der Waals surface area contributed by atoms with Crippen molar-refractivity contribution < 1.29 is 24.5 Å². The Bertz CT molecular complexity index is 1140. The molecule has 0 aromatic carbocycles. The van der Waals surface area contributed by atoms with Gasteiger partial charge in [0.2, 0.25) is 5.91 Å². The van der Waals surface area contributed by atoms with Crippen LogP contribution in [0.25, 0.3) is 0 Å². The van der Waals surface area contributed by atoms with Crippen molar-refractivity contribution >= 4 is 11.9 Å². The minimum Gasteiger partial charge on any atom is -0.466 e. The van der Waals surface area contributed by atoms with Gasteiger partial charge in [0.15, 0.2) is 0 Å². The molecule has 0 radical (unpaired) electrons. The summed E-state index contributed by atoms with van der Waals surface area (Å²) in [6.45, 7) is 4.95. The third-order valence-electron chi connectivity index (χ3n) is 16.6. The molecule has 0 spiro atoms. The van der Waals surface area contributed by atoms with Gasteiger partial charge in [0, 0.05) is 12.8 Å². The fourth-order valence-corrected chi connectivity index (χ4v) is 11.2.